The van der Waals surface area contributed by atoms with E-state index in [2.05, 4.69) is 0 Å². The van der Waals surface area contributed by atoms with Crippen molar-refractivity contribution >= 4 is 12.1 Å². The van der Waals surface area contributed by atoms with Crippen LogP contribution in [0.1, 0.15) is 11.7 Å². The molecule has 104 valence electrons. The van der Waals surface area contributed by atoms with Gasteiger partial charge in [-0.25, -0.2) is 0 Å². The van der Waals surface area contributed by atoms with Gasteiger partial charge in [-0.3, -0.25) is 9.59 Å². The van der Waals surface area contributed by atoms with Crippen LogP contribution in [-0.2, 0) is 9.59 Å². The number of carbonyl (C=O) groups is 2. The Labute approximate surface area is 115 Å². The zero-order valence-corrected chi connectivity index (χ0v) is 10.5. The van der Waals surface area contributed by atoms with Gasteiger partial charge in [0.05, 0.1) is 5.92 Å². The van der Waals surface area contributed by atoms with Crippen LogP contribution in [0.25, 0.3) is 0 Å². The number of aldehydes is 1. The Morgan fingerprint density at radius 3 is 2.55 bits per heavy atom. The van der Waals surface area contributed by atoms with Crippen LogP contribution < -0.4 is 0 Å². The summed E-state index contributed by atoms with van der Waals surface area (Å²) in [4.78, 5) is 23.3. The van der Waals surface area contributed by atoms with E-state index >= 15 is 0 Å². The van der Waals surface area contributed by atoms with Crippen LogP contribution in [0.5, 0.6) is 0 Å². The van der Waals surface area contributed by atoms with E-state index in [1.165, 1.54) is 12.2 Å². The number of rotatable bonds is 4. The standard InChI is InChI=1S/C15H14O5/c16-9-15(20)8-11(17)6-7-12(15)14(19)13(18)10-4-2-1-3-5-10/h1-9,12-13,17-18,20H. The third-order valence-electron chi connectivity index (χ3n) is 3.22. The first-order valence-corrected chi connectivity index (χ1v) is 6.03. The van der Waals surface area contributed by atoms with Crippen LogP contribution in [-0.4, -0.2) is 33.0 Å². The van der Waals surface area contributed by atoms with Crippen molar-refractivity contribution in [2.75, 3.05) is 0 Å². The van der Waals surface area contributed by atoms with Crippen LogP contribution in [0.15, 0.2) is 54.3 Å². The minimum atomic E-state index is -2.15. The summed E-state index contributed by atoms with van der Waals surface area (Å²) in [5.74, 6) is -2.27. The zero-order valence-electron chi connectivity index (χ0n) is 10.5. The number of hydrogen-bond acceptors (Lipinski definition) is 5. The van der Waals surface area contributed by atoms with E-state index in [-0.39, 0.29) is 12.0 Å². The molecule has 3 atom stereocenters. The van der Waals surface area contributed by atoms with E-state index in [0.717, 1.165) is 6.08 Å². The predicted octanol–water partition coefficient (Wildman–Crippen LogP) is 0.847. The van der Waals surface area contributed by atoms with E-state index in [4.69, 9.17) is 0 Å². The molecule has 0 saturated heterocycles. The van der Waals surface area contributed by atoms with Crippen LogP contribution >= 0.6 is 0 Å². The molecule has 0 aromatic heterocycles. The number of carbonyl (C=O) groups excluding carboxylic acids is 2. The molecule has 1 aromatic carbocycles. The van der Waals surface area contributed by atoms with Gasteiger partial charge in [0, 0.05) is 0 Å². The number of benzene rings is 1. The molecular formula is C15H14O5. The quantitative estimate of drug-likeness (QED) is 0.707. The molecule has 0 spiro atoms. The number of hydrogen-bond donors (Lipinski definition) is 3. The second-order valence-electron chi connectivity index (χ2n) is 4.63. The van der Waals surface area contributed by atoms with E-state index in [0.29, 0.717) is 5.56 Å². The van der Waals surface area contributed by atoms with Crippen LogP contribution in [0.2, 0.25) is 0 Å². The number of Topliss-reactive ketones (excluding diaryl/α,β-unsaturated/α-hetero) is 1. The summed E-state index contributed by atoms with van der Waals surface area (Å²) in [6.07, 6.45) is 2.02. The fraction of sp³-hybridized carbons (Fsp3) is 0.200. The molecule has 0 fully saturated rings. The average Bonchev–Trinajstić information content (AvgIpc) is 2.47. The van der Waals surface area contributed by atoms with Gasteiger partial charge in [-0.15, -0.1) is 0 Å². The monoisotopic (exact) mass is 274 g/mol. The van der Waals surface area contributed by atoms with Crippen LogP contribution in [0.4, 0.5) is 0 Å². The normalized spacial score (nSPS) is 26.7. The Morgan fingerprint density at radius 2 is 1.95 bits per heavy atom. The lowest BCUT2D eigenvalue weighted by Gasteiger charge is -2.29. The Balaban J connectivity index is 2.29. The zero-order chi connectivity index (χ0) is 14.8. The van der Waals surface area contributed by atoms with Crippen molar-refractivity contribution in [2.45, 2.75) is 11.7 Å². The molecule has 5 nitrogen and oxygen atoms in total. The molecule has 3 N–H and O–H groups in total. The molecule has 0 bridgehead atoms. The van der Waals surface area contributed by atoms with Gasteiger partial charge in [0.2, 0.25) is 0 Å². The summed E-state index contributed by atoms with van der Waals surface area (Å²) in [7, 11) is 0. The first kappa shape index (κ1) is 14.2. The van der Waals surface area contributed by atoms with Gasteiger partial charge < -0.3 is 15.3 Å². The highest BCUT2D eigenvalue weighted by Crippen LogP contribution is 2.30. The lowest BCUT2D eigenvalue weighted by Crippen LogP contribution is -2.44. The van der Waals surface area contributed by atoms with Gasteiger partial charge in [0.1, 0.15) is 11.9 Å². The smallest absolute Gasteiger partial charge is 0.176 e. The van der Waals surface area contributed by atoms with Gasteiger partial charge in [0.25, 0.3) is 0 Å². The number of ketones is 1. The predicted molar refractivity (Wildman–Crippen MR) is 70.8 cm³/mol. The number of aliphatic hydroxyl groups is 3. The molecule has 0 radical (unpaired) electrons. The van der Waals surface area contributed by atoms with Gasteiger partial charge in [0.15, 0.2) is 17.7 Å². The van der Waals surface area contributed by atoms with E-state index < -0.39 is 23.4 Å². The van der Waals surface area contributed by atoms with Gasteiger partial charge >= 0.3 is 0 Å². The SMILES string of the molecule is O=CC1(O)C=C(O)C=CC1C(=O)C(O)c1ccccc1. The van der Waals surface area contributed by atoms with E-state index in [1.807, 2.05) is 0 Å². The van der Waals surface area contributed by atoms with Crippen molar-refractivity contribution in [1.29, 1.82) is 0 Å². The lowest BCUT2D eigenvalue weighted by molar-refractivity contribution is -0.140. The Bertz CT molecular complexity index is 575. The number of allylic oxidation sites excluding steroid dienone is 1. The summed E-state index contributed by atoms with van der Waals surface area (Å²) in [5.41, 5.74) is -1.77. The van der Waals surface area contributed by atoms with Gasteiger partial charge in [-0.2, -0.15) is 0 Å². The highest BCUT2D eigenvalue weighted by molar-refractivity contribution is 5.93. The molecule has 5 heteroatoms. The maximum Gasteiger partial charge on any atom is 0.176 e. The second-order valence-corrected chi connectivity index (χ2v) is 4.63. The maximum atomic E-state index is 12.2. The first-order valence-electron chi connectivity index (χ1n) is 6.03. The Morgan fingerprint density at radius 1 is 1.30 bits per heavy atom. The van der Waals surface area contributed by atoms with Crippen molar-refractivity contribution in [1.82, 2.24) is 0 Å². The van der Waals surface area contributed by atoms with Crippen LogP contribution in [0, 0.1) is 5.92 Å². The third kappa shape index (κ3) is 2.54. The van der Waals surface area contributed by atoms with Crippen molar-refractivity contribution < 1.29 is 24.9 Å². The molecule has 1 aromatic rings. The summed E-state index contributed by atoms with van der Waals surface area (Å²) < 4.78 is 0. The first-order chi connectivity index (χ1) is 9.48. The Kier molecular flexibility index (Phi) is 3.83. The highest BCUT2D eigenvalue weighted by atomic mass is 16.3. The van der Waals surface area contributed by atoms with Gasteiger partial charge in [-0.05, 0) is 17.7 Å². The Hall–Kier alpha value is -2.24. The maximum absolute atomic E-state index is 12.2. The minimum Gasteiger partial charge on any atom is -0.508 e. The van der Waals surface area contributed by atoms with Crippen molar-refractivity contribution in [3.05, 3.63) is 59.9 Å². The summed E-state index contributed by atoms with van der Waals surface area (Å²) >= 11 is 0. The number of aliphatic hydroxyl groups excluding tert-OH is 2. The van der Waals surface area contributed by atoms with Crippen LogP contribution in [0.3, 0.4) is 0 Å². The molecule has 1 aliphatic carbocycles. The molecule has 1 aliphatic rings. The topological polar surface area (TPSA) is 94.8 Å². The highest BCUT2D eigenvalue weighted by Gasteiger charge is 2.42. The molecule has 0 heterocycles. The molecular weight excluding hydrogens is 260 g/mol. The fourth-order valence-electron chi connectivity index (χ4n) is 2.12. The van der Waals surface area contributed by atoms with E-state index in [9.17, 15) is 24.9 Å². The largest absolute Gasteiger partial charge is 0.508 e. The molecule has 0 saturated carbocycles. The minimum absolute atomic E-state index is 0.174. The molecule has 0 amide bonds. The second kappa shape index (κ2) is 5.40. The molecule has 20 heavy (non-hydrogen) atoms. The van der Waals surface area contributed by atoms with Crippen molar-refractivity contribution in [3.63, 3.8) is 0 Å². The molecule has 3 unspecified atom stereocenters. The van der Waals surface area contributed by atoms with E-state index in [1.54, 1.807) is 30.3 Å². The summed E-state index contributed by atoms with van der Waals surface area (Å²) in [6.45, 7) is 0. The molecule has 0 aliphatic heterocycles. The summed E-state index contributed by atoms with van der Waals surface area (Å²) in [6, 6.07) is 8.22. The summed E-state index contributed by atoms with van der Waals surface area (Å²) in [5, 5.41) is 29.4. The third-order valence-corrected chi connectivity index (χ3v) is 3.22. The van der Waals surface area contributed by atoms with Crippen molar-refractivity contribution in [2.24, 2.45) is 5.92 Å². The molecule has 2 rings (SSSR count). The van der Waals surface area contributed by atoms with Gasteiger partial charge in [-0.1, -0.05) is 36.4 Å². The average molecular weight is 274 g/mol. The lowest BCUT2D eigenvalue weighted by atomic mass is 9.79. The fourth-order valence-corrected chi connectivity index (χ4v) is 2.12. The van der Waals surface area contributed by atoms with Crippen molar-refractivity contribution in [3.8, 4) is 0 Å².